The number of H-pyrrole nitrogens is 1. The number of pyridine rings is 1. The maximum atomic E-state index is 13.3. The second-order valence-corrected chi connectivity index (χ2v) is 10.1. The summed E-state index contributed by atoms with van der Waals surface area (Å²) in [4.78, 5) is 18.7. The lowest BCUT2D eigenvalue weighted by Crippen LogP contribution is -2.40. The lowest BCUT2D eigenvalue weighted by Gasteiger charge is -2.35. The summed E-state index contributed by atoms with van der Waals surface area (Å²) in [5, 5.41) is 13.7. The number of aryl methyl sites for hydroxylation is 2. The standard InChI is InChI=1S/C27H34N6O3/c1-17(2)25(26-29-30-31-33(26)16-23-8-6-12-36-23)32(15-22-7-5-11-35-22)14-21-13-20-10-9-18(3)19(4)24(20)28-27(21)34/h6,8-10,12-13,17,22,25H,5,7,11,14-16H2,1-4H3,(H,28,34)/t22-,25-/m0/s1. The topological polar surface area (TPSA) is 102 Å². The van der Waals surface area contributed by atoms with E-state index < -0.39 is 0 Å². The van der Waals surface area contributed by atoms with Gasteiger partial charge in [0.2, 0.25) is 0 Å². The van der Waals surface area contributed by atoms with E-state index in [4.69, 9.17) is 9.15 Å². The van der Waals surface area contributed by atoms with E-state index in [1.54, 1.807) is 10.9 Å². The third-order valence-electron chi connectivity index (χ3n) is 7.20. The Morgan fingerprint density at radius 2 is 2.11 bits per heavy atom. The lowest BCUT2D eigenvalue weighted by molar-refractivity contribution is 0.0384. The zero-order valence-electron chi connectivity index (χ0n) is 21.4. The zero-order valence-corrected chi connectivity index (χ0v) is 21.4. The van der Waals surface area contributed by atoms with Crippen LogP contribution in [0.2, 0.25) is 0 Å². The first kappa shape index (κ1) is 24.4. The van der Waals surface area contributed by atoms with Crippen LogP contribution in [-0.2, 0) is 17.8 Å². The van der Waals surface area contributed by atoms with Gasteiger partial charge in [-0.15, -0.1) is 5.10 Å². The van der Waals surface area contributed by atoms with Crippen LogP contribution in [0.4, 0.5) is 0 Å². The van der Waals surface area contributed by atoms with Crippen molar-refractivity contribution in [2.24, 2.45) is 5.92 Å². The molecule has 0 aliphatic carbocycles. The van der Waals surface area contributed by atoms with Gasteiger partial charge >= 0.3 is 0 Å². The maximum absolute atomic E-state index is 13.3. The number of rotatable bonds is 9. The van der Waals surface area contributed by atoms with E-state index in [0.29, 0.717) is 19.6 Å². The predicted molar refractivity (Wildman–Crippen MR) is 137 cm³/mol. The highest BCUT2D eigenvalue weighted by atomic mass is 16.5. The molecule has 2 atom stereocenters. The Morgan fingerprint density at radius 1 is 1.25 bits per heavy atom. The number of tetrazole rings is 1. The number of ether oxygens (including phenoxy) is 1. The quantitative estimate of drug-likeness (QED) is 0.376. The van der Waals surface area contributed by atoms with Crippen molar-refractivity contribution in [3.05, 3.63) is 75.2 Å². The molecule has 190 valence electrons. The van der Waals surface area contributed by atoms with E-state index in [-0.39, 0.29) is 23.6 Å². The number of benzene rings is 1. The van der Waals surface area contributed by atoms with Gasteiger partial charge in [0.25, 0.3) is 5.56 Å². The van der Waals surface area contributed by atoms with Crippen LogP contribution in [0.25, 0.3) is 10.9 Å². The van der Waals surface area contributed by atoms with Crippen LogP contribution < -0.4 is 5.56 Å². The SMILES string of the molecule is Cc1ccc2cc(CN(C[C@@H]3CCCO3)[C@H](c3nnnn3Cc3ccco3)C(C)C)c(=O)[nH]c2c1C. The summed E-state index contributed by atoms with van der Waals surface area (Å²) in [5.41, 5.74) is 3.82. The van der Waals surface area contributed by atoms with Gasteiger partial charge in [-0.05, 0) is 77.7 Å². The van der Waals surface area contributed by atoms with Crippen LogP contribution in [-0.4, -0.2) is 49.3 Å². The second kappa shape index (κ2) is 10.4. The monoisotopic (exact) mass is 490 g/mol. The largest absolute Gasteiger partial charge is 0.467 e. The number of hydrogen-bond donors (Lipinski definition) is 1. The molecular weight excluding hydrogens is 456 g/mol. The van der Waals surface area contributed by atoms with Crippen LogP contribution in [0.1, 0.15) is 61.0 Å². The van der Waals surface area contributed by atoms with Crippen LogP contribution in [0.15, 0.2) is 45.8 Å². The molecular formula is C27H34N6O3. The number of aromatic amines is 1. The Morgan fingerprint density at radius 3 is 2.83 bits per heavy atom. The van der Waals surface area contributed by atoms with Gasteiger partial charge < -0.3 is 14.1 Å². The molecule has 1 N–H and O–H groups in total. The molecule has 1 saturated heterocycles. The second-order valence-electron chi connectivity index (χ2n) is 10.1. The molecule has 3 aromatic heterocycles. The Bertz CT molecular complexity index is 1370. The average Bonchev–Trinajstić information content (AvgIpc) is 3.62. The number of aromatic nitrogens is 5. The van der Waals surface area contributed by atoms with Crippen LogP contribution >= 0.6 is 0 Å². The van der Waals surface area contributed by atoms with Gasteiger partial charge in [0.15, 0.2) is 5.82 Å². The van der Waals surface area contributed by atoms with E-state index in [1.165, 1.54) is 0 Å². The molecule has 9 nitrogen and oxygen atoms in total. The van der Waals surface area contributed by atoms with Crippen molar-refractivity contribution in [2.45, 2.75) is 65.8 Å². The number of furan rings is 1. The predicted octanol–water partition coefficient (Wildman–Crippen LogP) is 4.15. The molecule has 0 saturated carbocycles. The van der Waals surface area contributed by atoms with Gasteiger partial charge in [0.1, 0.15) is 12.3 Å². The fraction of sp³-hybridized carbons (Fsp3) is 0.481. The summed E-state index contributed by atoms with van der Waals surface area (Å²) in [6.45, 7) is 10.8. The minimum absolute atomic E-state index is 0.0637. The Labute approximate surface area is 210 Å². The Kier molecular flexibility index (Phi) is 7.02. The van der Waals surface area contributed by atoms with Gasteiger partial charge in [-0.25, -0.2) is 4.68 Å². The molecule has 0 radical (unpaired) electrons. The first-order chi connectivity index (χ1) is 17.4. The summed E-state index contributed by atoms with van der Waals surface area (Å²) in [6.07, 6.45) is 3.82. The third kappa shape index (κ3) is 4.99. The smallest absolute Gasteiger partial charge is 0.252 e. The highest BCUT2D eigenvalue weighted by Gasteiger charge is 2.32. The molecule has 0 spiro atoms. The van der Waals surface area contributed by atoms with Crippen molar-refractivity contribution in [3.8, 4) is 0 Å². The van der Waals surface area contributed by atoms with Crippen molar-refractivity contribution < 1.29 is 9.15 Å². The molecule has 0 unspecified atom stereocenters. The number of hydrogen-bond acceptors (Lipinski definition) is 7. The molecule has 1 aliphatic heterocycles. The minimum atomic E-state index is -0.117. The van der Waals surface area contributed by atoms with E-state index in [9.17, 15) is 4.79 Å². The molecule has 1 fully saturated rings. The zero-order chi connectivity index (χ0) is 25.2. The van der Waals surface area contributed by atoms with Gasteiger partial charge in [0.05, 0.1) is 23.9 Å². The molecule has 0 amide bonds. The van der Waals surface area contributed by atoms with Gasteiger partial charge in [-0.2, -0.15) is 0 Å². The highest BCUT2D eigenvalue weighted by molar-refractivity contribution is 5.83. The average molecular weight is 491 g/mol. The molecule has 9 heteroatoms. The highest BCUT2D eigenvalue weighted by Crippen LogP contribution is 2.31. The van der Waals surface area contributed by atoms with E-state index in [1.807, 2.05) is 25.1 Å². The normalized spacial score (nSPS) is 17.0. The van der Waals surface area contributed by atoms with E-state index >= 15 is 0 Å². The van der Waals surface area contributed by atoms with Crippen LogP contribution in [0.3, 0.4) is 0 Å². The number of nitrogens with one attached hydrogen (secondary N) is 1. The third-order valence-corrected chi connectivity index (χ3v) is 7.20. The summed E-state index contributed by atoms with van der Waals surface area (Å²) < 4.78 is 13.4. The van der Waals surface area contributed by atoms with E-state index in [0.717, 1.165) is 58.6 Å². The fourth-order valence-corrected chi connectivity index (χ4v) is 5.20. The van der Waals surface area contributed by atoms with Crippen molar-refractivity contribution in [1.82, 2.24) is 30.1 Å². The van der Waals surface area contributed by atoms with Gasteiger partial charge in [0, 0.05) is 25.3 Å². The summed E-state index contributed by atoms with van der Waals surface area (Å²) in [7, 11) is 0. The maximum Gasteiger partial charge on any atom is 0.252 e. The Balaban J connectivity index is 1.52. The summed E-state index contributed by atoms with van der Waals surface area (Å²) in [6, 6.07) is 9.85. The fourth-order valence-electron chi connectivity index (χ4n) is 5.20. The van der Waals surface area contributed by atoms with Gasteiger partial charge in [-0.3, -0.25) is 9.69 Å². The molecule has 4 aromatic rings. The lowest BCUT2D eigenvalue weighted by atomic mass is 9.99. The van der Waals surface area contributed by atoms with Crippen molar-refractivity contribution in [1.29, 1.82) is 0 Å². The first-order valence-electron chi connectivity index (χ1n) is 12.7. The van der Waals surface area contributed by atoms with Gasteiger partial charge in [-0.1, -0.05) is 26.0 Å². The van der Waals surface area contributed by atoms with Crippen LogP contribution in [0.5, 0.6) is 0 Å². The minimum Gasteiger partial charge on any atom is -0.467 e. The summed E-state index contributed by atoms with van der Waals surface area (Å²) >= 11 is 0. The van der Waals surface area contributed by atoms with Crippen LogP contribution in [0, 0.1) is 19.8 Å². The van der Waals surface area contributed by atoms with E-state index in [2.05, 4.69) is 58.3 Å². The molecule has 5 rings (SSSR count). The number of fused-ring (bicyclic) bond motifs is 1. The van der Waals surface area contributed by atoms with Crippen molar-refractivity contribution >= 4 is 10.9 Å². The molecule has 0 bridgehead atoms. The molecule has 4 heterocycles. The van der Waals surface area contributed by atoms with Crippen molar-refractivity contribution in [3.63, 3.8) is 0 Å². The summed E-state index contributed by atoms with van der Waals surface area (Å²) in [5.74, 6) is 1.73. The molecule has 1 aromatic carbocycles. The first-order valence-corrected chi connectivity index (χ1v) is 12.7. The van der Waals surface area contributed by atoms with Crippen molar-refractivity contribution in [2.75, 3.05) is 13.2 Å². The molecule has 1 aliphatic rings. The number of nitrogens with zero attached hydrogens (tertiary/aromatic N) is 5. The molecule has 36 heavy (non-hydrogen) atoms. The Hall–Kier alpha value is -3.30.